The molecule has 3 rings (SSSR count). The van der Waals surface area contributed by atoms with Gasteiger partial charge in [-0.3, -0.25) is 0 Å². The summed E-state index contributed by atoms with van der Waals surface area (Å²) < 4.78 is 10.9. The zero-order chi connectivity index (χ0) is 12.5. The number of ether oxygens (including phenoxy) is 2. The number of benzene rings is 1. The average Bonchev–Trinajstić information content (AvgIpc) is 2.96. The van der Waals surface area contributed by atoms with Crippen molar-refractivity contribution in [2.75, 3.05) is 6.61 Å². The van der Waals surface area contributed by atoms with Crippen LogP contribution in [0.25, 0.3) is 10.1 Å². The quantitative estimate of drug-likeness (QED) is 0.780. The van der Waals surface area contributed by atoms with Crippen LogP contribution in [0.5, 0.6) is 0 Å². The number of thiophene rings is 1. The second-order valence-corrected chi connectivity index (χ2v) is 5.08. The van der Waals surface area contributed by atoms with Crippen LogP contribution in [-0.2, 0) is 14.3 Å². The monoisotopic (exact) mass is 262 g/mol. The maximum absolute atomic E-state index is 11.9. The Morgan fingerprint density at radius 2 is 2.22 bits per heavy atom. The molecule has 0 unspecified atom stereocenters. The van der Waals surface area contributed by atoms with Gasteiger partial charge in [-0.2, -0.15) is 0 Å². The Hall–Kier alpha value is -1.88. The van der Waals surface area contributed by atoms with E-state index >= 15 is 0 Å². The van der Waals surface area contributed by atoms with E-state index in [0.717, 1.165) is 10.1 Å². The first-order valence-corrected chi connectivity index (χ1v) is 6.42. The first-order chi connectivity index (χ1) is 8.74. The molecule has 1 aliphatic rings. The normalized spacial score (nSPS) is 18.9. The third kappa shape index (κ3) is 1.97. The van der Waals surface area contributed by atoms with Gasteiger partial charge in [-0.15, -0.1) is 11.3 Å². The molecule has 0 bridgehead atoms. The fourth-order valence-corrected chi connectivity index (χ4v) is 2.80. The molecule has 0 amide bonds. The fourth-order valence-electron chi connectivity index (χ4n) is 1.85. The summed E-state index contributed by atoms with van der Waals surface area (Å²) in [5.41, 5.74) is 0. The maximum atomic E-state index is 11.9. The summed E-state index contributed by atoms with van der Waals surface area (Å²) in [7, 11) is 0. The lowest BCUT2D eigenvalue weighted by atomic mass is 10.2. The van der Waals surface area contributed by atoms with E-state index in [4.69, 9.17) is 9.47 Å². The second kappa shape index (κ2) is 4.42. The standard InChI is InChI=1S/C13H10O4S/c14-12-9(5-6-16-12)17-13(15)11-7-8-3-1-2-4-10(8)18-11/h1-4,7,9H,5-6H2/t9-/m1/s1. The highest BCUT2D eigenvalue weighted by Crippen LogP contribution is 2.26. The van der Waals surface area contributed by atoms with Gasteiger partial charge in [0, 0.05) is 11.1 Å². The zero-order valence-corrected chi connectivity index (χ0v) is 10.2. The van der Waals surface area contributed by atoms with E-state index in [1.807, 2.05) is 24.3 Å². The lowest BCUT2D eigenvalue weighted by Crippen LogP contribution is -2.22. The van der Waals surface area contributed by atoms with Gasteiger partial charge in [-0.25, -0.2) is 9.59 Å². The van der Waals surface area contributed by atoms with Crippen molar-refractivity contribution in [3.8, 4) is 0 Å². The molecule has 1 atom stereocenters. The van der Waals surface area contributed by atoms with Crippen molar-refractivity contribution in [2.24, 2.45) is 0 Å². The van der Waals surface area contributed by atoms with E-state index in [9.17, 15) is 9.59 Å². The molecule has 92 valence electrons. The van der Waals surface area contributed by atoms with Crippen molar-refractivity contribution < 1.29 is 19.1 Å². The van der Waals surface area contributed by atoms with E-state index in [1.54, 1.807) is 6.07 Å². The van der Waals surface area contributed by atoms with Gasteiger partial charge >= 0.3 is 11.9 Å². The highest BCUT2D eigenvalue weighted by molar-refractivity contribution is 7.20. The molecular weight excluding hydrogens is 252 g/mol. The number of esters is 2. The van der Waals surface area contributed by atoms with Crippen LogP contribution in [0.3, 0.4) is 0 Å². The second-order valence-electron chi connectivity index (χ2n) is 4.00. The highest BCUT2D eigenvalue weighted by atomic mass is 32.1. The van der Waals surface area contributed by atoms with Gasteiger partial charge in [-0.05, 0) is 17.5 Å². The lowest BCUT2D eigenvalue weighted by Gasteiger charge is -2.06. The molecule has 1 aliphatic heterocycles. The topological polar surface area (TPSA) is 52.6 Å². The first kappa shape index (κ1) is 11.2. The van der Waals surface area contributed by atoms with Crippen molar-refractivity contribution in [1.82, 2.24) is 0 Å². The molecule has 5 heteroatoms. The fraction of sp³-hybridized carbons (Fsp3) is 0.231. The Balaban J connectivity index is 1.81. The summed E-state index contributed by atoms with van der Waals surface area (Å²) in [5.74, 6) is -0.912. The van der Waals surface area contributed by atoms with Gasteiger partial charge in [0.15, 0.2) is 0 Å². The van der Waals surface area contributed by atoms with Gasteiger partial charge in [0.1, 0.15) is 4.88 Å². The molecule has 0 spiro atoms. The summed E-state index contributed by atoms with van der Waals surface area (Å²) in [6.07, 6.45) is -0.308. The minimum absolute atomic E-state index is 0.323. The molecule has 2 aromatic rings. The smallest absolute Gasteiger partial charge is 0.349 e. The molecule has 0 aliphatic carbocycles. The molecule has 1 fully saturated rings. The molecule has 2 heterocycles. The Bertz CT molecular complexity index is 583. The van der Waals surface area contributed by atoms with Crippen LogP contribution in [0.1, 0.15) is 16.1 Å². The summed E-state index contributed by atoms with van der Waals surface area (Å²) in [5, 5.41) is 1.00. The minimum atomic E-state index is -0.747. The number of hydrogen-bond acceptors (Lipinski definition) is 5. The van der Waals surface area contributed by atoms with Crippen molar-refractivity contribution in [1.29, 1.82) is 0 Å². The van der Waals surface area contributed by atoms with Gasteiger partial charge in [-0.1, -0.05) is 18.2 Å². The Labute approximate surface area is 107 Å². The van der Waals surface area contributed by atoms with Crippen molar-refractivity contribution in [2.45, 2.75) is 12.5 Å². The molecule has 1 aromatic carbocycles. The minimum Gasteiger partial charge on any atom is -0.463 e. The number of fused-ring (bicyclic) bond motifs is 1. The highest BCUT2D eigenvalue weighted by Gasteiger charge is 2.30. The van der Waals surface area contributed by atoms with Crippen molar-refractivity contribution in [3.05, 3.63) is 35.2 Å². The third-order valence-electron chi connectivity index (χ3n) is 2.76. The van der Waals surface area contributed by atoms with E-state index in [2.05, 4.69) is 0 Å². The number of hydrogen-bond donors (Lipinski definition) is 0. The molecule has 0 radical (unpaired) electrons. The largest absolute Gasteiger partial charge is 0.463 e. The summed E-state index contributed by atoms with van der Waals surface area (Å²) >= 11 is 1.36. The summed E-state index contributed by atoms with van der Waals surface area (Å²) in [4.78, 5) is 23.6. The van der Waals surface area contributed by atoms with Gasteiger partial charge < -0.3 is 9.47 Å². The average molecular weight is 262 g/mol. The maximum Gasteiger partial charge on any atom is 0.349 e. The van der Waals surface area contributed by atoms with Gasteiger partial charge in [0.05, 0.1) is 6.61 Å². The van der Waals surface area contributed by atoms with E-state index in [0.29, 0.717) is 17.9 Å². The molecule has 0 saturated carbocycles. The van der Waals surface area contributed by atoms with Crippen LogP contribution in [0.15, 0.2) is 30.3 Å². The van der Waals surface area contributed by atoms with Crippen molar-refractivity contribution >= 4 is 33.4 Å². The molecule has 4 nitrogen and oxygen atoms in total. The van der Waals surface area contributed by atoms with Crippen LogP contribution >= 0.6 is 11.3 Å². The van der Waals surface area contributed by atoms with Crippen LogP contribution < -0.4 is 0 Å². The lowest BCUT2D eigenvalue weighted by molar-refractivity contribution is -0.145. The summed E-state index contributed by atoms with van der Waals surface area (Å²) in [6.45, 7) is 0.323. The van der Waals surface area contributed by atoms with Crippen LogP contribution in [0.2, 0.25) is 0 Å². The van der Waals surface area contributed by atoms with E-state index in [-0.39, 0.29) is 0 Å². The van der Waals surface area contributed by atoms with Crippen molar-refractivity contribution in [3.63, 3.8) is 0 Å². The first-order valence-electron chi connectivity index (χ1n) is 5.60. The predicted molar refractivity (Wildman–Crippen MR) is 66.6 cm³/mol. The van der Waals surface area contributed by atoms with E-state index < -0.39 is 18.0 Å². The number of rotatable bonds is 2. The molecular formula is C13H10O4S. The molecule has 18 heavy (non-hydrogen) atoms. The Morgan fingerprint density at radius 1 is 1.39 bits per heavy atom. The molecule has 1 aromatic heterocycles. The Kier molecular flexibility index (Phi) is 2.76. The SMILES string of the molecule is O=C(O[C@@H]1CCOC1=O)c1cc2ccccc2s1. The predicted octanol–water partition coefficient (Wildman–Crippen LogP) is 2.37. The van der Waals surface area contributed by atoms with Crippen LogP contribution in [-0.4, -0.2) is 24.6 Å². The van der Waals surface area contributed by atoms with Gasteiger partial charge in [0.2, 0.25) is 6.10 Å². The number of carbonyl (C=O) groups is 2. The van der Waals surface area contributed by atoms with Gasteiger partial charge in [0.25, 0.3) is 0 Å². The Morgan fingerprint density at radius 3 is 2.94 bits per heavy atom. The molecule has 1 saturated heterocycles. The van der Waals surface area contributed by atoms with Crippen LogP contribution in [0, 0.1) is 0 Å². The number of cyclic esters (lactones) is 1. The molecule has 0 N–H and O–H groups in total. The zero-order valence-electron chi connectivity index (χ0n) is 9.42. The third-order valence-corrected chi connectivity index (χ3v) is 3.86. The van der Waals surface area contributed by atoms with E-state index in [1.165, 1.54) is 11.3 Å². The van der Waals surface area contributed by atoms with Crippen LogP contribution in [0.4, 0.5) is 0 Å². The summed E-state index contributed by atoms with van der Waals surface area (Å²) in [6, 6.07) is 9.50. The number of carbonyl (C=O) groups excluding carboxylic acids is 2.